The number of alkyl halides is 3. The molecule has 0 aliphatic carbocycles. The van der Waals surface area contributed by atoms with E-state index in [1.165, 1.54) is 11.0 Å². The molecule has 7 heteroatoms. The molecule has 1 aromatic carbocycles. The Morgan fingerprint density at radius 1 is 1.10 bits per heavy atom. The smallest absolute Gasteiger partial charge is 0.296 e. The fraction of sp³-hybridized carbons (Fsp3) is 0.500. The second-order valence-corrected chi connectivity index (χ2v) is 5.06. The van der Waals surface area contributed by atoms with Crippen molar-refractivity contribution in [3.8, 4) is 6.07 Å². The van der Waals surface area contributed by atoms with Crippen LogP contribution in [0, 0.1) is 17.1 Å². The highest BCUT2D eigenvalue weighted by Gasteiger charge is 2.32. The molecule has 1 aromatic rings. The zero-order chi connectivity index (χ0) is 15.5. The fourth-order valence-corrected chi connectivity index (χ4v) is 2.39. The molecule has 0 saturated carbocycles. The van der Waals surface area contributed by atoms with Gasteiger partial charge < -0.3 is 0 Å². The number of nitrogens with zero attached hydrogens (tertiary/aromatic N) is 3. The molecule has 0 amide bonds. The molecule has 0 bridgehead atoms. The van der Waals surface area contributed by atoms with Gasteiger partial charge in [0, 0.05) is 38.3 Å². The van der Waals surface area contributed by atoms with Crippen molar-refractivity contribution < 1.29 is 17.6 Å². The van der Waals surface area contributed by atoms with E-state index < -0.39 is 18.5 Å². The Bertz CT molecular complexity index is 528. The van der Waals surface area contributed by atoms with E-state index in [-0.39, 0.29) is 5.56 Å². The number of halogens is 4. The maximum atomic E-state index is 13.9. The Morgan fingerprint density at radius 2 is 1.71 bits per heavy atom. The third kappa shape index (κ3) is 4.41. The normalized spacial score (nSPS) is 17.7. The first-order valence-corrected chi connectivity index (χ1v) is 6.58. The van der Waals surface area contributed by atoms with Gasteiger partial charge in [0.15, 0.2) is 0 Å². The number of rotatable bonds is 3. The minimum absolute atomic E-state index is 0.0109. The molecule has 0 atom stereocenters. The third-order valence-corrected chi connectivity index (χ3v) is 3.46. The summed E-state index contributed by atoms with van der Waals surface area (Å²) in [5, 5.41) is 8.77. The van der Waals surface area contributed by atoms with Crippen LogP contribution in [0.5, 0.6) is 0 Å². The van der Waals surface area contributed by atoms with Crippen LogP contribution in [0.2, 0.25) is 0 Å². The maximum Gasteiger partial charge on any atom is 0.401 e. The third-order valence-electron chi connectivity index (χ3n) is 3.46. The molecule has 2 rings (SSSR count). The van der Waals surface area contributed by atoms with Crippen LogP contribution in [0.4, 0.5) is 17.6 Å². The highest BCUT2D eigenvalue weighted by molar-refractivity contribution is 5.34. The standard InChI is InChI=1S/C14H15F4N3/c15-13-11(8-19)2-1-3-12(13)9-20-4-6-21(7-5-20)10-14(16,17)18/h1-3H,4-7,9-10H2. The lowest BCUT2D eigenvalue weighted by molar-refractivity contribution is -0.149. The first-order valence-electron chi connectivity index (χ1n) is 6.58. The van der Waals surface area contributed by atoms with Crippen molar-refractivity contribution >= 4 is 0 Å². The minimum atomic E-state index is -4.19. The first-order chi connectivity index (χ1) is 9.89. The lowest BCUT2D eigenvalue weighted by Gasteiger charge is -2.35. The molecular formula is C14H15F4N3. The van der Waals surface area contributed by atoms with Gasteiger partial charge in [-0.05, 0) is 6.07 Å². The zero-order valence-corrected chi connectivity index (χ0v) is 11.3. The molecule has 1 fully saturated rings. The van der Waals surface area contributed by atoms with E-state index in [0.29, 0.717) is 38.3 Å². The summed E-state index contributed by atoms with van der Waals surface area (Å²) in [5.74, 6) is -0.544. The number of benzene rings is 1. The van der Waals surface area contributed by atoms with Crippen LogP contribution < -0.4 is 0 Å². The molecule has 0 unspecified atom stereocenters. The highest BCUT2D eigenvalue weighted by Crippen LogP contribution is 2.19. The zero-order valence-electron chi connectivity index (χ0n) is 11.3. The number of hydrogen-bond acceptors (Lipinski definition) is 3. The van der Waals surface area contributed by atoms with E-state index in [4.69, 9.17) is 5.26 Å². The molecule has 0 radical (unpaired) electrons. The summed E-state index contributed by atoms with van der Waals surface area (Å²) in [6, 6.07) is 6.39. The van der Waals surface area contributed by atoms with Crippen LogP contribution in [0.15, 0.2) is 18.2 Å². The molecule has 1 saturated heterocycles. The predicted molar refractivity (Wildman–Crippen MR) is 68.9 cm³/mol. The van der Waals surface area contributed by atoms with Gasteiger partial charge in [-0.1, -0.05) is 12.1 Å². The van der Waals surface area contributed by atoms with Crippen LogP contribution in [-0.4, -0.2) is 48.7 Å². The van der Waals surface area contributed by atoms with Crippen molar-refractivity contribution in [2.75, 3.05) is 32.7 Å². The summed E-state index contributed by atoms with van der Waals surface area (Å²) < 4.78 is 50.8. The largest absolute Gasteiger partial charge is 0.401 e. The van der Waals surface area contributed by atoms with E-state index in [9.17, 15) is 17.6 Å². The number of nitriles is 1. The topological polar surface area (TPSA) is 30.3 Å². The van der Waals surface area contributed by atoms with Gasteiger partial charge >= 0.3 is 6.18 Å². The van der Waals surface area contributed by atoms with E-state index in [2.05, 4.69) is 0 Å². The number of hydrogen-bond donors (Lipinski definition) is 0. The van der Waals surface area contributed by atoms with Gasteiger partial charge in [-0.25, -0.2) is 4.39 Å². The van der Waals surface area contributed by atoms with Crippen LogP contribution in [0.1, 0.15) is 11.1 Å². The van der Waals surface area contributed by atoms with Crippen molar-refractivity contribution in [2.24, 2.45) is 0 Å². The van der Waals surface area contributed by atoms with E-state index in [1.54, 1.807) is 18.2 Å². The molecule has 0 N–H and O–H groups in total. The minimum Gasteiger partial charge on any atom is -0.296 e. The summed E-state index contributed by atoms with van der Waals surface area (Å²) in [6.07, 6.45) is -4.19. The first kappa shape index (κ1) is 15.7. The Hall–Kier alpha value is -1.65. The Labute approximate surface area is 120 Å². The van der Waals surface area contributed by atoms with Crippen molar-refractivity contribution in [1.82, 2.24) is 9.80 Å². The molecule has 3 nitrogen and oxygen atoms in total. The quantitative estimate of drug-likeness (QED) is 0.803. The van der Waals surface area contributed by atoms with Crippen LogP contribution in [0.25, 0.3) is 0 Å². The van der Waals surface area contributed by atoms with Gasteiger partial charge in [0.05, 0.1) is 12.1 Å². The molecule has 21 heavy (non-hydrogen) atoms. The molecular weight excluding hydrogens is 286 g/mol. The van der Waals surface area contributed by atoms with Crippen molar-refractivity contribution in [3.63, 3.8) is 0 Å². The lowest BCUT2D eigenvalue weighted by atomic mass is 10.1. The Morgan fingerprint density at radius 3 is 2.29 bits per heavy atom. The van der Waals surface area contributed by atoms with Gasteiger partial charge in [-0.3, -0.25) is 9.80 Å². The highest BCUT2D eigenvalue weighted by atomic mass is 19.4. The van der Waals surface area contributed by atoms with Crippen LogP contribution in [-0.2, 0) is 6.54 Å². The van der Waals surface area contributed by atoms with Gasteiger partial charge in [0.25, 0.3) is 0 Å². The average molecular weight is 301 g/mol. The van der Waals surface area contributed by atoms with Gasteiger partial charge in [-0.2, -0.15) is 18.4 Å². The second kappa shape index (κ2) is 6.41. The summed E-state index contributed by atoms with van der Waals surface area (Å²) >= 11 is 0. The summed E-state index contributed by atoms with van der Waals surface area (Å²) in [4.78, 5) is 3.24. The lowest BCUT2D eigenvalue weighted by Crippen LogP contribution is -2.48. The summed E-state index contributed by atoms with van der Waals surface area (Å²) in [6.45, 7) is 0.914. The fourth-order valence-electron chi connectivity index (χ4n) is 2.39. The van der Waals surface area contributed by atoms with E-state index in [0.717, 1.165) is 0 Å². The van der Waals surface area contributed by atoms with Crippen LogP contribution in [0.3, 0.4) is 0 Å². The number of piperazine rings is 1. The Balaban J connectivity index is 1.91. The SMILES string of the molecule is N#Cc1cccc(CN2CCN(CC(F)(F)F)CC2)c1F. The van der Waals surface area contributed by atoms with E-state index in [1.807, 2.05) is 4.90 Å². The molecule has 0 aromatic heterocycles. The van der Waals surface area contributed by atoms with Gasteiger partial charge in [0.1, 0.15) is 11.9 Å². The molecule has 1 aliphatic rings. The monoisotopic (exact) mass is 301 g/mol. The van der Waals surface area contributed by atoms with Crippen molar-refractivity contribution in [1.29, 1.82) is 5.26 Å². The summed E-state index contributed by atoms with van der Waals surface area (Å²) in [7, 11) is 0. The van der Waals surface area contributed by atoms with E-state index >= 15 is 0 Å². The second-order valence-electron chi connectivity index (χ2n) is 5.06. The van der Waals surface area contributed by atoms with Crippen molar-refractivity contribution in [3.05, 3.63) is 35.1 Å². The average Bonchev–Trinajstić information content (AvgIpc) is 2.42. The van der Waals surface area contributed by atoms with Crippen molar-refractivity contribution in [2.45, 2.75) is 12.7 Å². The predicted octanol–water partition coefficient (Wildman–Crippen LogP) is 2.38. The van der Waals surface area contributed by atoms with Gasteiger partial charge in [-0.15, -0.1) is 0 Å². The molecule has 1 aliphatic heterocycles. The molecule has 114 valence electrons. The maximum absolute atomic E-state index is 13.9. The summed E-state index contributed by atoms with van der Waals surface area (Å²) in [5.41, 5.74) is 0.390. The Kier molecular flexibility index (Phi) is 4.80. The van der Waals surface area contributed by atoms with Crippen LogP contribution >= 0.6 is 0 Å². The molecule has 0 spiro atoms. The van der Waals surface area contributed by atoms with Gasteiger partial charge in [0.2, 0.25) is 0 Å². The molecule has 1 heterocycles.